The molecule has 1 aliphatic heterocycles. The van der Waals surface area contributed by atoms with Crippen LogP contribution in [0.25, 0.3) is 0 Å². The van der Waals surface area contributed by atoms with Gasteiger partial charge in [0.15, 0.2) is 18.1 Å². The fourth-order valence-corrected chi connectivity index (χ4v) is 3.46. The van der Waals surface area contributed by atoms with Crippen LogP contribution in [0.3, 0.4) is 0 Å². The Kier molecular flexibility index (Phi) is 7.76. The van der Waals surface area contributed by atoms with Crippen molar-refractivity contribution in [2.24, 2.45) is 0 Å². The number of benzene rings is 2. The van der Waals surface area contributed by atoms with Crippen molar-refractivity contribution < 1.29 is 23.8 Å². The van der Waals surface area contributed by atoms with Crippen molar-refractivity contribution in [1.82, 2.24) is 5.32 Å². The lowest BCUT2D eigenvalue weighted by molar-refractivity contribution is -0.122. The summed E-state index contributed by atoms with van der Waals surface area (Å²) in [5.41, 5.74) is 2.81. The normalized spacial score (nSPS) is 12.7. The lowest BCUT2D eigenvalue weighted by atomic mass is 10.1. The molecule has 0 bridgehead atoms. The third-order valence-corrected chi connectivity index (χ3v) is 4.96. The zero-order valence-corrected chi connectivity index (χ0v) is 18.4. The first-order valence-corrected chi connectivity index (χ1v) is 10.7. The van der Waals surface area contributed by atoms with Gasteiger partial charge in [0.1, 0.15) is 5.75 Å². The maximum Gasteiger partial charge on any atom is 0.265 e. The van der Waals surface area contributed by atoms with Crippen molar-refractivity contribution in [3.63, 3.8) is 0 Å². The molecule has 0 unspecified atom stereocenters. The molecule has 7 heteroatoms. The van der Waals surface area contributed by atoms with Crippen LogP contribution in [-0.2, 0) is 16.0 Å². The van der Waals surface area contributed by atoms with Gasteiger partial charge in [0.25, 0.3) is 5.91 Å². The summed E-state index contributed by atoms with van der Waals surface area (Å²) in [7, 11) is 0. The molecule has 31 heavy (non-hydrogen) atoms. The predicted molar refractivity (Wildman–Crippen MR) is 119 cm³/mol. The standard InChI is InChI=1S/C24H30N2O5/c1-4-29-21-9-7-18(15-22(21)30-5-2)10-12-25-23(27)11-13-26-19-14-17(3)6-8-20(19)31-16-24(26)28/h6-9,14-15H,4-5,10-13,16H2,1-3H3,(H,25,27). The van der Waals surface area contributed by atoms with Gasteiger partial charge >= 0.3 is 0 Å². The molecule has 0 fully saturated rings. The zero-order valence-electron chi connectivity index (χ0n) is 18.4. The van der Waals surface area contributed by atoms with Gasteiger partial charge in [0.05, 0.1) is 18.9 Å². The molecule has 0 aromatic heterocycles. The van der Waals surface area contributed by atoms with E-state index in [0.717, 1.165) is 22.6 Å². The number of hydrogen-bond donors (Lipinski definition) is 1. The number of hydrogen-bond acceptors (Lipinski definition) is 5. The van der Waals surface area contributed by atoms with Crippen molar-refractivity contribution in [1.29, 1.82) is 0 Å². The Balaban J connectivity index is 1.51. The van der Waals surface area contributed by atoms with Gasteiger partial charge in [0, 0.05) is 19.5 Å². The SMILES string of the molecule is CCOc1ccc(CCNC(=O)CCN2C(=O)COc3ccc(C)cc32)cc1OCC. The van der Waals surface area contributed by atoms with E-state index in [4.69, 9.17) is 14.2 Å². The van der Waals surface area contributed by atoms with Crippen molar-refractivity contribution in [3.8, 4) is 17.2 Å². The molecule has 1 N–H and O–H groups in total. The second-order valence-electron chi connectivity index (χ2n) is 7.30. The van der Waals surface area contributed by atoms with E-state index in [2.05, 4.69) is 5.32 Å². The molecule has 0 spiro atoms. The minimum Gasteiger partial charge on any atom is -0.490 e. The van der Waals surface area contributed by atoms with E-state index >= 15 is 0 Å². The van der Waals surface area contributed by atoms with Crippen molar-refractivity contribution in [2.75, 3.05) is 37.8 Å². The molecule has 0 radical (unpaired) electrons. The highest BCUT2D eigenvalue weighted by atomic mass is 16.5. The summed E-state index contributed by atoms with van der Waals surface area (Å²) in [6, 6.07) is 11.5. The number of carbonyl (C=O) groups excluding carboxylic acids is 2. The number of anilines is 1. The van der Waals surface area contributed by atoms with Gasteiger partial charge in [-0.25, -0.2) is 0 Å². The van der Waals surface area contributed by atoms with Crippen LogP contribution < -0.4 is 24.4 Å². The van der Waals surface area contributed by atoms with Crippen LogP contribution in [0.15, 0.2) is 36.4 Å². The van der Waals surface area contributed by atoms with Gasteiger partial charge in [0.2, 0.25) is 5.91 Å². The fourth-order valence-electron chi connectivity index (χ4n) is 3.46. The third kappa shape index (κ3) is 5.90. The molecule has 3 rings (SSSR count). The van der Waals surface area contributed by atoms with Crippen LogP contribution in [-0.4, -0.2) is 44.7 Å². The summed E-state index contributed by atoms with van der Waals surface area (Å²) in [5.74, 6) is 1.88. The highest BCUT2D eigenvalue weighted by molar-refractivity contribution is 5.98. The first-order chi connectivity index (χ1) is 15.0. The number of fused-ring (bicyclic) bond motifs is 1. The lowest BCUT2D eigenvalue weighted by Gasteiger charge is -2.29. The minimum absolute atomic E-state index is 0.00240. The van der Waals surface area contributed by atoms with Crippen LogP contribution >= 0.6 is 0 Å². The summed E-state index contributed by atoms with van der Waals surface area (Å²) in [5, 5.41) is 2.93. The maximum absolute atomic E-state index is 12.3. The van der Waals surface area contributed by atoms with Gasteiger partial charge in [-0.15, -0.1) is 0 Å². The average molecular weight is 427 g/mol. The summed E-state index contributed by atoms with van der Waals surface area (Å²) in [4.78, 5) is 26.3. The van der Waals surface area contributed by atoms with Gasteiger partial charge in [-0.1, -0.05) is 12.1 Å². The van der Waals surface area contributed by atoms with E-state index in [-0.39, 0.29) is 24.8 Å². The number of amides is 2. The largest absolute Gasteiger partial charge is 0.490 e. The van der Waals surface area contributed by atoms with Crippen LogP contribution in [0.5, 0.6) is 17.2 Å². The molecule has 0 saturated heterocycles. The molecular weight excluding hydrogens is 396 g/mol. The molecule has 0 atom stereocenters. The minimum atomic E-state index is -0.135. The van der Waals surface area contributed by atoms with Crippen molar-refractivity contribution in [2.45, 2.75) is 33.6 Å². The first-order valence-electron chi connectivity index (χ1n) is 10.7. The van der Waals surface area contributed by atoms with Crippen molar-refractivity contribution in [3.05, 3.63) is 47.5 Å². The van der Waals surface area contributed by atoms with Crippen molar-refractivity contribution >= 4 is 17.5 Å². The number of aryl methyl sites for hydroxylation is 1. The molecule has 1 heterocycles. The quantitative estimate of drug-likeness (QED) is 0.631. The second-order valence-corrected chi connectivity index (χ2v) is 7.30. The number of carbonyl (C=O) groups is 2. The van der Waals surface area contributed by atoms with E-state index in [1.54, 1.807) is 4.90 Å². The Morgan fingerprint density at radius 3 is 2.65 bits per heavy atom. The molecule has 7 nitrogen and oxygen atoms in total. The molecule has 2 aromatic rings. The number of nitrogens with zero attached hydrogens (tertiary/aromatic N) is 1. The summed E-state index contributed by atoms with van der Waals surface area (Å²) in [6.45, 7) is 7.78. The predicted octanol–water partition coefficient (Wildman–Crippen LogP) is 3.27. The van der Waals surface area contributed by atoms with E-state index in [0.29, 0.717) is 44.2 Å². The Morgan fingerprint density at radius 2 is 1.87 bits per heavy atom. The maximum atomic E-state index is 12.3. The van der Waals surface area contributed by atoms with E-state index < -0.39 is 0 Å². The Morgan fingerprint density at radius 1 is 1.10 bits per heavy atom. The zero-order chi connectivity index (χ0) is 22.2. The first kappa shape index (κ1) is 22.5. The second kappa shape index (κ2) is 10.7. The highest BCUT2D eigenvalue weighted by Crippen LogP contribution is 2.33. The number of ether oxygens (including phenoxy) is 3. The van der Waals surface area contributed by atoms with Gasteiger partial charge in [-0.05, 0) is 62.6 Å². The van der Waals surface area contributed by atoms with Crippen LogP contribution in [0.1, 0.15) is 31.4 Å². The molecule has 2 aromatic carbocycles. The topological polar surface area (TPSA) is 77.1 Å². The Hall–Kier alpha value is -3.22. The van der Waals surface area contributed by atoms with E-state index in [1.165, 1.54) is 0 Å². The molecule has 2 amide bonds. The lowest BCUT2D eigenvalue weighted by Crippen LogP contribution is -2.41. The monoisotopic (exact) mass is 426 g/mol. The average Bonchev–Trinajstić information content (AvgIpc) is 2.75. The summed E-state index contributed by atoms with van der Waals surface area (Å²) < 4.78 is 16.7. The highest BCUT2D eigenvalue weighted by Gasteiger charge is 2.25. The summed E-state index contributed by atoms with van der Waals surface area (Å²) in [6.07, 6.45) is 0.906. The van der Waals surface area contributed by atoms with Gasteiger partial charge in [-0.2, -0.15) is 0 Å². The van der Waals surface area contributed by atoms with Crippen LogP contribution in [0.2, 0.25) is 0 Å². The summed E-state index contributed by atoms with van der Waals surface area (Å²) >= 11 is 0. The van der Waals surface area contributed by atoms with Gasteiger partial charge < -0.3 is 24.4 Å². The molecule has 0 aliphatic carbocycles. The molecule has 0 saturated carbocycles. The molecule has 166 valence electrons. The molecule has 1 aliphatic rings. The number of nitrogens with one attached hydrogen (secondary N) is 1. The van der Waals surface area contributed by atoms with Crippen LogP contribution in [0.4, 0.5) is 5.69 Å². The van der Waals surface area contributed by atoms with E-state index in [1.807, 2.05) is 57.2 Å². The smallest absolute Gasteiger partial charge is 0.265 e. The van der Waals surface area contributed by atoms with Crippen LogP contribution in [0, 0.1) is 6.92 Å². The Labute approximate surface area is 183 Å². The third-order valence-electron chi connectivity index (χ3n) is 4.96. The van der Waals surface area contributed by atoms with E-state index in [9.17, 15) is 9.59 Å². The Bertz CT molecular complexity index is 928. The number of rotatable bonds is 10. The van der Waals surface area contributed by atoms with Gasteiger partial charge in [-0.3, -0.25) is 9.59 Å². The fraction of sp³-hybridized carbons (Fsp3) is 0.417. The molecular formula is C24H30N2O5.